The van der Waals surface area contributed by atoms with Gasteiger partial charge in [-0.25, -0.2) is 8.42 Å². The fourth-order valence-corrected chi connectivity index (χ4v) is 4.50. The van der Waals surface area contributed by atoms with Crippen LogP contribution < -0.4 is 14.2 Å². The predicted octanol–water partition coefficient (Wildman–Crippen LogP) is 4.33. The van der Waals surface area contributed by atoms with Gasteiger partial charge in [-0.3, -0.25) is 4.79 Å². The fourth-order valence-electron chi connectivity index (χ4n) is 3.17. The summed E-state index contributed by atoms with van der Waals surface area (Å²) in [7, 11) is -2.33. The Morgan fingerprint density at radius 1 is 0.879 bits per heavy atom. The van der Waals surface area contributed by atoms with Crippen LogP contribution >= 0.6 is 0 Å². The lowest BCUT2D eigenvalue weighted by molar-refractivity contribution is -0.140. The zero-order valence-corrected chi connectivity index (χ0v) is 19.5. The number of rotatable bonds is 10. The van der Waals surface area contributed by atoms with E-state index in [2.05, 4.69) is 4.72 Å². The van der Waals surface area contributed by atoms with Crippen molar-refractivity contribution in [3.63, 3.8) is 0 Å². The zero-order valence-electron chi connectivity index (χ0n) is 18.7. The van der Waals surface area contributed by atoms with Crippen LogP contribution in [0.2, 0.25) is 0 Å². The first-order chi connectivity index (χ1) is 15.7. The van der Waals surface area contributed by atoms with E-state index >= 15 is 0 Å². The lowest BCUT2D eigenvalue weighted by atomic mass is 10.1. The molecule has 1 atom stereocenters. The van der Waals surface area contributed by atoms with Gasteiger partial charge >= 0.3 is 5.97 Å². The number of nitrogens with one attached hydrogen (secondary N) is 1. The summed E-state index contributed by atoms with van der Waals surface area (Å²) in [5.41, 5.74) is 2.75. The first-order valence-electron chi connectivity index (χ1n) is 10.4. The molecule has 0 unspecified atom stereocenters. The maximum Gasteiger partial charge on any atom is 0.322 e. The molecule has 7 nitrogen and oxygen atoms in total. The average molecular weight is 470 g/mol. The van der Waals surface area contributed by atoms with Crippen LogP contribution in [-0.2, 0) is 21.4 Å². The van der Waals surface area contributed by atoms with Gasteiger partial charge in [0.05, 0.1) is 12.0 Å². The van der Waals surface area contributed by atoms with Crippen LogP contribution in [-0.4, -0.2) is 32.6 Å². The molecule has 2 N–H and O–H groups in total. The van der Waals surface area contributed by atoms with Gasteiger partial charge in [-0.1, -0.05) is 50.2 Å². The molecule has 0 bridgehead atoms. The Kier molecular flexibility index (Phi) is 7.73. The van der Waals surface area contributed by atoms with Gasteiger partial charge < -0.3 is 14.6 Å². The zero-order chi connectivity index (χ0) is 24.0. The van der Waals surface area contributed by atoms with Crippen molar-refractivity contribution < 1.29 is 27.8 Å². The van der Waals surface area contributed by atoms with E-state index in [1.54, 1.807) is 33.1 Å². The third-order valence-electron chi connectivity index (χ3n) is 5.13. The Bertz CT molecular complexity index is 1170. The number of sulfonamides is 1. The number of methoxy groups -OCH3 is 1. The van der Waals surface area contributed by atoms with E-state index in [1.165, 1.54) is 12.1 Å². The van der Waals surface area contributed by atoms with E-state index in [9.17, 15) is 18.3 Å². The molecule has 0 heterocycles. The van der Waals surface area contributed by atoms with Gasteiger partial charge in [-0.15, -0.1) is 0 Å². The van der Waals surface area contributed by atoms with Crippen molar-refractivity contribution >= 4 is 16.0 Å². The number of aliphatic carboxylic acids is 1. The van der Waals surface area contributed by atoms with Crippen LogP contribution in [0.4, 0.5) is 0 Å². The van der Waals surface area contributed by atoms with Crippen LogP contribution in [0.25, 0.3) is 11.1 Å². The molecular formula is C25H27NO6S. The van der Waals surface area contributed by atoms with Gasteiger partial charge in [0.15, 0.2) is 0 Å². The van der Waals surface area contributed by atoms with Crippen LogP contribution in [0.15, 0.2) is 77.7 Å². The van der Waals surface area contributed by atoms with Crippen molar-refractivity contribution in [3.05, 3.63) is 78.4 Å². The minimum absolute atomic E-state index is 0.0117. The van der Waals surface area contributed by atoms with E-state index in [0.717, 1.165) is 22.4 Å². The Labute approximate surface area is 194 Å². The number of carbonyl (C=O) groups is 1. The van der Waals surface area contributed by atoms with E-state index in [1.807, 2.05) is 48.5 Å². The quantitative estimate of drug-likeness (QED) is 0.458. The first kappa shape index (κ1) is 24.3. The first-order valence-corrected chi connectivity index (χ1v) is 11.9. The summed E-state index contributed by atoms with van der Waals surface area (Å²) >= 11 is 0. The van der Waals surface area contributed by atoms with Crippen molar-refractivity contribution in [2.45, 2.75) is 31.4 Å². The van der Waals surface area contributed by atoms with Gasteiger partial charge in [-0.2, -0.15) is 4.72 Å². The molecule has 0 saturated carbocycles. The number of carboxylic acids is 1. The molecule has 0 fully saturated rings. The van der Waals surface area contributed by atoms with Crippen molar-refractivity contribution in [3.8, 4) is 22.6 Å². The van der Waals surface area contributed by atoms with Gasteiger partial charge in [-0.05, 0) is 59.0 Å². The smallest absolute Gasteiger partial charge is 0.322 e. The Balaban J connectivity index is 1.66. The highest BCUT2D eigenvalue weighted by Crippen LogP contribution is 2.25. The van der Waals surface area contributed by atoms with E-state index < -0.39 is 22.0 Å². The normalized spacial score (nSPS) is 12.4. The second kappa shape index (κ2) is 10.5. The molecule has 0 aliphatic rings. The van der Waals surface area contributed by atoms with Crippen LogP contribution in [0, 0.1) is 5.92 Å². The van der Waals surface area contributed by atoms with Gasteiger partial charge in [0.25, 0.3) is 0 Å². The summed E-state index contributed by atoms with van der Waals surface area (Å²) in [6, 6.07) is 20.2. The molecule has 0 spiro atoms. The molecule has 3 aromatic rings. The monoisotopic (exact) mass is 469 g/mol. The van der Waals surface area contributed by atoms with Crippen LogP contribution in [0.1, 0.15) is 19.4 Å². The molecule has 0 aliphatic heterocycles. The predicted molar refractivity (Wildman–Crippen MR) is 126 cm³/mol. The SMILES string of the molecule is COc1ccc(COc2ccc(-c3ccc(S(=O)(=O)N[C@@H](C(=O)O)C(C)C)cc3)cc2)cc1. The molecule has 3 aromatic carbocycles. The Morgan fingerprint density at radius 2 is 1.39 bits per heavy atom. The molecule has 8 heteroatoms. The lowest BCUT2D eigenvalue weighted by Crippen LogP contribution is -2.44. The largest absolute Gasteiger partial charge is 0.497 e. The Morgan fingerprint density at radius 3 is 1.88 bits per heavy atom. The second-order valence-corrected chi connectivity index (χ2v) is 9.58. The summed E-state index contributed by atoms with van der Waals surface area (Å²) in [6.45, 7) is 3.72. The Hall–Kier alpha value is -3.36. The molecular weight excluding hydrogens is 442 g/mol. The van der Waals surface area contributed by atoms with Crippen molar-refractivity contribution in [1.82, 2.24) is 4.72 Å². The third-order valence-corrected chi connectivity index (χ3v) is 6.59. The molecule has 0 aromatic heterocycles. The second-order valence-electron chi connectivity index (χ2n) is 7.87. The fraction of sp³-hybridized carbons (Fsp3) is 0.240. The number of ether oxygens (including phenoxy) is 2. The molecule has 0 saturated heterocycles. The number of benzene rings is 3. The summed E-state index contributed by atoms with van der Waals surface area (Å²) in [4.78, 5) is 11.3. The maximum absolute atomic E-state index is 12.6. The molecule has 0 aliphatic carbocycles. The summed E-state index contributed by atoms with van der Waals surface area (Å²) in [5, 5.41) is 9.25. The standard InChI is InChI=1S/C25H27NO6S/c1-17(2)24(25(27)28)26-33(29,30)23-14-8-20(9-15-23)19-6-12-22(13-7-19)32-16-18-4-10-21(31-3)11-5-18/h4-15,17,24,26H,16H2,1-3H3,(H,27,28)/t24-/m1/s1. The summed E-state index contributed by atoms with van der Waals surface area (Å²) < 4.78 is 38.4. The molecule has 174 valence electrons. The highest BCUT2D eigenvalue weighted by atomic mass is 32.2. The van der Waals surface area contributed by atoms with Crippen LogP contribution in [0.3, 0.4) is 0 Å². The summed E-state index contributed by atoms with van der Waals surface area (Å²) in [5.74, 6) is -0.0906. The van der Waals surface area contributed by atoms with E-state index in [4.69, 9.17) is 9.47 Å². The van der Waals surface area contributed by atoms with E-state index in [-0.39, 0.29) is 10.8 Å². The van der Waals surface area contributed by atoms with E-state index in [0.29, 0.717) is 12.4 Å². The minimum atomic E-state index is -3.95. The topological polar surface area (TPSA) is 102 Å². The highest BCUT2D eigenvalue weighted by molar-refractivity contribution is 7.89. The van der Waals surface area contributed by atoms with Gasteiger partial charge in [0.2, 0.25) is 10.0 Å². The molecule has 0 amide bonds. The number of hydrogen-bond acceptors (Lipinski definition) is 5. The van der Waals surface area contributed by atoms with Crippen molar-refractivity contribution in [2.75, 3.05) is 7.11 Å². The van der Waals surface area contributed by atoms with Gasteiger partial charge in [0.1, 0.15) is 24.1 Å². The molecule has 3 rings (SSSR count). The maximum atomic E-state index is 12.6. The minimum Gasteiger partial charge on any atom is -0.497 e. The molecule has 0 radical (unpaired) electrons. The number of carboxylic acid groups (broad SMARTS) is 1. The van der Waals surface area contributed by atoms with Crippen molar-refractivity contribution in [2.24, 2.45) is 5.92 Å². The third kappa shape index (κ3) is 6.34. The van der Waals surface area contributed by atoms with Crippen LogP contribution in [0.5, 0.6) is 11.5 Å². The highest BCUT2D eigenvalue weighted by Gasteiger charge is 2.27. The average Bonchev–Trinajstić information content (AvgIpc) is 2.81. The van der Waals surface area contributed by atoms with Crippen molar-refractivity contribution in [1.29, 1.82) is 0 Å². The lowest BCUT2D eigenvalue weighted by Gasteiger charge is -2.18. The summed E-state index contributed by atoms with van der Waals surface area (Å²) in [6.07, 6.45) is 0. The van der Waals surface area contributed by atoms with Gasteiger partial charge in [0, 0.05) is 0 Å². The molecule has 33 heavy (non-hydrogen) atoms. The number of hydrogen-bond donors (Lipinski definition) is 2.